The summed E-state index contributed by atoms with van der Waals surface area (Å²) in [6.45, 7) is 4.78. The minimum atomic E-state index is -2.24. The molecule has 0 saturated heterocycles. The van der Waals surface area contributed by atoms with Crippen molar-refractivity contribution in [3.8, 4) is 11.6 Å². The lowest BCUT2D eigenvalue weighted by Crippen LogP contribution is -2.49. The van der Waals surface area contributed by atoms with Gasteiger partial charge < -0.3 is 42.6 Å². The molecular weight excluding hydrogens is 768 g/mol. The Balaban J connectivity index is 1.31. The number of rotatable bonds is 8. The van der Waals surface area contributed by atoms with Gasteiger partial charge in [0.2, 0.25) is 5.88 Å². The van der Waals surface area contributed by atoms with Gasteiger partial charge in [0.1, 0.15) is 11.3 Å². The Labute approximate surface area is 342 Å². The summed E-state index contributed by atoms with van der Waals surface area (Å²) in [7, 11) is 6.52. The molecule has 0 radical (unpaired) electrons. The summed E-state index contributed by atoms with van der Waals surface area (Å²) in [5, 5.41) is 6.72. The molecule has 3 heterocycles. The van der Waals surface area contributed by atoms with Gasteiger partial charge in [-0.3, -0.25) is 14.3 Å². The molecule has 3 aromatic rings. The molecule has 7 rings (SSSR count). The van der Waals surface area contributed by atoms with Gasteiger partial charge in [-0.1, -0.05) is 36.7 Å². The van der Waals surface area contributed by atoms with Gasteiger partial charge in [0.25, 0.3) is 11.8 Å². The second-order valence-electron chi connectivity index (χ2n) is 16.2. The van der Waals surface area contributed by atoms with Gasteiger partial charge in [-0.2, -0.15) is 10.6 Å². The van der Waals surface area contributed by atoms with E-state index in [2.05, 4.69) is 31.8 Å². The van der Waals surface area contributed by atoms with Crippen molar-refractivity contribution >= 4 is 39.7 Å². The normalized spacial score (nSPS) is 28.4. The lowest BCUT2D eigenvalue weighted by Gasteiger charge is -2.46. The number of carbonyl (C=O) groups excluding carboxylic acids is 2. The second-order valence-corrected chi connectivity index (χ2v) is 17.8. The number of amides is 2. The summed E-state index contributed by atoms with van der Waals surface area (Å²) in [6, 6.07) is 11.5. The van der Waals surface area contributed by atoms with Crippen molar-refractivity contribution in [2.24, 2.45) is 29.2 Å². The molecule has 1 spiro atoms. The lowest BCUT2D eigenvalue weighted by molar-refractivity contribution is 0.00961. The standard InChI is InChI=1S/C42H54ClN6O7S/c1-26-35(55-19-18-47(2)3)15-16-36(53-5)31-12-9-29(31)22-49-24-42(17-7-8-27-20-30(43)11-13-33(27)42)25-56-37-14-10-28(21-34(37)49)38(50)46-57(52)41(26)44-39(51)32-23-48(4)45-40(32)54-6/h10-11,13-16,20-21,23,26,29,31,35-36,41H,7-9,12,17-19,22,24-25H2,1-6H3,(H,44,51)/q-1/b16-15+/t26-,29-,31+,35-,36-,41?,42-/m0/s1. The van der Waals surface area contributed by atoms with Crippen LogP contribution in [0.1, 0.15) is 64.4 Å². The summed E-state index contributed by atoms with van der Waals surface area (Å²) in [5.41, 5.74) is 3.46. The number of methoxy groups -OCH3 is 2. The lowest BCUT2D eigenvalue weighted by atomic mass is 9.68. The molecule has 57 heavy (non-hydrogen) atoms. The number of carbonyl (C=O) groups is 2. The van der Waals surface area contributed by atoms with Crippen molar-refractivity contribution in [2.45, 2.75) is 62.0 Å². The number of aryl methyl sites for hydroxylation is 2. The third-order valence-electron chi connectivity index (χ3n) is 12.1. The summed E-state index contributed by atoms with van der Waals surface area (Å²) in [5.74, 6) is -0.503. The van der Waals surface area contributed by atoms with Crippen LogP contribution in [-0.2, 0) is 43.2 Å². The molecule has 1 unspecified atom stereocenters. The number of nitrogens with zero attached hydrogens (tertiary/aromatic N) is 5. The third-order valence-corrected chi connectivity index (χ3v) is 13.7. The number of hydrogen-bond donors (Lipinski definition) is 1. The fourth-order valence-electron chi connectivity index (χ4n) is 8.86. The smallest absolute Gasteiger partial charge is 0.257 e. The molecule has 1 aromatic heterocycles. The summed E-state index contributed by atoms with van der Waals surface area (Å²) in [6.07, 6.45) is 9.66. The molecule has 4 aliphatic rings. The van der Waals surface area contributed by atoms with E-state index >= 15 is 0 Å². The molecule has 13 nitrogen and oxygen atoms in total. The quantitative estimate of drug-likeness (QED) is 0.220. The Hall–Kier alpha value is -3.95. The van der Waals surface area contributed by atoms with Crippen molar-refractivity contribution in [2.75, 3.05) is 66.1 Å². The van der Waals surface area contributed by atoms with Crippen molar-refractivity contribution in [1.29, 1.82) is 0 Å². The average molecular weight is 822 g/mol. The maximum atomic E-state index is 14.4. The van der Waals surface area contributed by atoms with Gasteiger partial charge in [0, 0.05) is 56.0 Å². The Bertz CT molecular complexity index is 2080. The molecule has 1 N–H and O–H groups in total. The number of ether oxygens (including phenoxy) is 4. The highest BCUT2D eigenvalue weighted by Gasteiger charge is 2.44. The van der Waals surface area contributed by atoms with Crippen molar-refractivity contribution in [1.82, 2.24) is 20.0 Å². The predicted molar refractivity (Wildman–Crippen MR) is 220 cm³/mol. The molecule has 2 aliphatic heterocycles. The van der Waals surface area contributed by atoms with E-state index in [4.69, 9.17) is 30.5 Å². The molecule has 2 aliphatic carbocycles. The van der Waals surface area contributed by atoms with Crippen LogP contribution in [0.2, 0.25) is 5.02 Å². The molecule has 15 heteroatoms. The van der Waals surface area contributed by atoms with Crippen LogP contribution in [0.5, 0.6) is 11.6 Å². The van der Waals surface area contributed by atoms with Crippen LogP contribution in [-0.4, -0.2) is 105 Å². The van der Waals surface area contributed by atoms with Crippen molar-refractivity contribution in [3.05, 3.63) is 82.0 Å². The fraction of sp³-hybridized carbons (Fsp3) is 0.548. The van der Waals surface area contributed by atoms with E-state index in [9.17, 15) is 13.8 Å². The zero-order valence-electron chi connectivity index (χ0n) is 33.6. The Kier molecular flexibility index (Phi) is 12.7. The molecule has 1 fully saturated rings. The number of likely N-dealkylation sites (N-methyl/N-ethyl adjacent to an activating group) is 1. The Morgan fingerprint density at radius 3 is 2.68 bits per heavy atom. The molecule has 2 amide bonds. The molecule has 308 valence electrons. The first-order valence-corrected chi connectivity index (χ1v) is 21.3. The van der Waals surface area contributed by atoms with Crippen LogP contribution in [0.25, 0.3) is 0 Å². The first kappa shape index (κ1) is 41.2. The van der Waals surface area contributed by atoms with Gasteiger partial charge in [-0.05, 0) is 111 Å². The number of nitrogens with one attached hydrogen (secondary N) is 1. The highest BCUT2D eigenvalue weighted by molar-refractivity contribution is 7.75. The van der Waals surface area contributed by atoms with Crippen LogP contribution in [0.15, 0.2) is 59.1 Å². The zero-order chi connectivity index (χ0) is 40.4. The Morgan fingerprint density at radius 1 is 1.14 bits per heavy atom. The van der Waals surface area contributed by atoms with E-state index in [1.54, 1.807) is 20.2 Å². The number of aromatic nitrogens is 2. The molecule has 1 saturated carbocycles. The van der Waals surface area contributed by atoms with E-state index in [0.717, 1.165) is 49.4 Å². The monoisotopic (exact) mass is 821 g/mol. The molecule has 7 atom stereocenters. The van der Waals surface area contributed by atoms with Crippen LogP contribution in [0.4, 0.5) is 5.69 Å². The van der Waals surface area contributed by atoms with Gasteiger partial charge in [0.05, 0.1) is 38.2 Å². The van der Waals surface area contributed by atoms with Crippen molar-refractivity contribution in [3.63, 3.8) is 0 Å². The van der Waals surface area contributed by atoms with E-state index in [-0.39, 0.29) is 34.4 Å². The summed E-state index contributed by atoms with van der Waals surface area (Å²) in [4.78, 5) is 32.3. The number of hydrogen-bond acceptors (Lipinski definition) is 11. The van der Waals surface area contributed by atoms with Crippen LogP contribution < -0.4 is 19.7 Å². The first-order valence-electron chi connectivity index (χ1n) is 19.7. The maximum absolute atomic E-state index is 14.4. The van der Waals surface area contributed by atoms with Gasteiger partial charge in [0.15, 0.2) is 0 Å². The predicted octanol–water partition coefficient (Wildman–Crippen LogP) is 5.79. The van der Waals surface area contributed by atoms with Gasteiger partial charge >= 0.3 is 0 Å². The van der Waals surface area contributed by atoms with Crippen molar-refractivity contribution < 1.29 is 32.7 Å². The maximum Gasteiger partial charge on any atom is 0.257 e. The van der Waals surface area contributed by atoms with Crippen LogP contribution in [0, 0.1) is 17.8 Å². The molecular formula is C42H54ClN6O7S-. The number of anilines is 1. The van der Waals surface area contributed by atoms with E-state index in [1.807, 2.05) is 56.3 Å². The highest BCUT2D eigenvalue weighted by Crippen LogP contribution is 2.47. The highest BCUT2D eigenvalue weighted by atomic mass is 35.5. The minimum Gasteiger partial charge on any atom is -0.490 e. The summed E-state index contributed by atoms with van der Waals surface area (Å²) < 4.78 is 44.8. The number of benzene rings is 2. The fourth-order valence-corrected chi connectivity index (χ4v) is 10.2. The zero-order valence-corrected chi connectivity index (χ0v) is 35.2. The topological polar surface area (TPSA) is 137 Å². The number of fused-ring (bicyclic) bond motifs is 4. The second kappa shape index (κ2) is 17.5. The SMILES string of the molecule is COc1nn(C)cc1C(=O)NC1[C@@H](C)[C@@H](OCCN(C)C)/C=C/[C@H](OC)[C@@H]2CC[C@H]2CN2C[C@@]3(CCCc4cc(Cl)ccc43)COc3ccc(cc32)C(=O)N=[S-]1=O. The van der Waals surface area contributed by atoms with Gasteiger partial charge in [-0.25, -0.2) is 0 Å². The molecule has 2 aromatic carbocycles. The van der Waals surface area contributed by atoms with Crippen LogP contribution in [0.3, 0.4) is 0 Å². The molecule has 2 bridgehead atoms. The minimum absolute atomic E-state index is 0.116. The van der Waals surface area contributed by atoms with Crippen LogP contribution >= 0.6 is 11.6 Å². The van der Waals surface area contributed by atoms with E-state index in [0.29, 0.717) is 38.0 Å². The van der Waals surface area contributed by atoms with Gasteiger partial charge in [-0.15, -0.1) is 5.10 Å². The third kappa shape index (κ3) is 8.75. The van der Waals surface area contributed by atoms with E-state index < -0.39 is 39.8 Å². The Morgan fingerprint density at radius 2 is 1.95 bits per heavy atom. The van der Waals surface area contributed by atoms with E-state index in [1.165, 1.54) is 29.1 Å². The average Bonchev–Trinajstić information content (AvgIpc) is 3.50. The first-order chi connectivity index (χ1) is 27.4. The largest absolute Gasteiger partial charge is 0.490 e. The number of halogens is 1. The summed E-state index contributed by atoms with van der Waals surface area (Å²) >= 11 is 6.48.